The van der Waals surface area contributed by atoms with E-state index in [1.165, 1.54) is 0 Å². The predicted molar refractivity (Wildman–Crippen MR) is 75.6 cm³/mol. The molecular formula is C15H16N4. The molecule has 1 aromatic carbocycles. The third kappa shape index (κ3) is 2.90. The summed E-state index contributed by atoms with van der Waals surface area (Å²) >= 11 is 0. The summed E-state index contributed by atoms with van der Waals surface area (Å²) in [6.07, 6.45) is 3.54. The lowest BCUT2D eigenvalue weighted by atomic mass is 10.1. The lowest BCUT2D eigenvalue weighted by Gasteiger charge is -2.29. The van der Waals surface area contributed by atoms with E-state index >= 15 is 0 Å². The molecule has 0 saturated carbocycles. The van der Waals surface area contributed by atoms with Gasteiger partial charge in [0.25, 0.3) is 0 Å². The third-order valence-electron chi connectivity index (χ3n) is 3.19. The highest BCUT2D eigenvalue weighted by atomic mass is 15.1. The molecule has 4 nitrogen and oxygen atoms in total. The number of hydrogen-bond donors (Lipinski definition) is 1. The van der Waals surface area contributed by atoms with E-state index in [0.29, 0.717) is 12.1 Å². The number of rotatable bonds is 4. The van der Waals surface area contributed by atoms with Crippen LogP contribution in [0.1, 0.15) is 17.2 Å². The second-order valence-electron chi connectivity index (χ2n) is 4.30. The smallest absolute Gasteiger partial charge is 0.0991 e. The van der Waals surface area contributed by atoms with E-state index in [4.69, 9.17) is 11.0 Å². The van der Waals surface area contributed by atoms with Crippen molar-refractivity contribution in [1.82, 2.24) is 4.98 Å². The van der Waals surface area contributed by atoms with Gasteiger partial charge in [-0.2, -0.15) is 5.26 Å². The van der Waals surface area contributed by atoms with Gasteiger partial charge >= 0.3 is 0 Å². The second-order valence-corrected chi connectivity index (χ2v) is 4.30. The van der Waals surface area contributed by atoms with Gasteiger partial charge in [-0.1, -0.05) is 0 Å². The van der Waals surface area contributed by atoms with Crippen LogP contribution in [0.3, 0.4) is 0 Å². The summed E-state index contributed by atoms with van der Waals surface area (Å²) < 4.78 is 0. The van der Waals surface area contributed by atoms with Gasteiger partial charge in [0.05, 0.1) is 17.7 Å². The summed E-state index contributed by atoms with van der Waals surface area (Å²) in [5.74, 6) is 0. The van der Waals surface area contributed by atoms with Gasteiger partial charge in [0, 0.05) is 31.7 Å². The standard InChI is InChI=1S/C15H16N4/c1-19(14-4-2-12(10-16)3-5-14)15(11-17)13-6-8-18-9-7-13/h2-9,15H,11,17H2,1H3. The third-order valence-corrected chi connectivity index (χ3v) is 3.19. The second kappa shape index (κ2) is 5.98. The first kappa shape index (κ1) is 13.1. The van der Waals surface area contributed by atoms with Gasteiger partial charge in [0.15, 0.2) is 0 Å². The van der Waals surface area contributed by atoms with Gasteiger partial charge in [-0.15, -0.1) is 0 Å². The summed E-state index contributed by atoms with van der Waals surface area (Å²) in [5, 5.41) is 8.81. The van der Waals surface area contributed by atoms with Gasteiger partial charge in [-0.05, 0) is 42.0 Å². The fourth-order valence-corrected chi connectivity index (χ4v) is 2.05. The van der Waals surface area contributed by atoms with Crippen LogP contribution in [0, 0.1) is 11.3 Å². The molecule has 19 heavy (non-hydrogen) atoms. The molecule has 1 aromatic heterocycles. The van der Waals surface area contributed by atoms with E-state index in [-0.39, 0.29) is 6.04 Å². The number of hydrogen-bond acceptors (Lipinski definition) is 4. The van der Waals surface area contributed by atoms with E-state index in [9.17, 15) is 0 Å². The zero-order chi connectivity index (χ0) is 13.7. The SMILES string of the molecule is CN(c1ccc(C#N)cc1)C(CN)c1ccncc1. The molecule has 0 amide bonds. The monoisotopic (exact) mass is 252 g/mol. The van der Waals surface area contributed by atoms with Crippen molar-refractivity contribution < 1.29 is 0 Å². The largest absolute Gasteiger partial charge is 0.366 e. The molecule has 0 aliphatic rings. The number of nitrogens with zero attached hydrogens (tertiary/aromatic N) is 3. The topological polar surface area (TPSA) is 65.9 Å². The van der Waals surface area contributed by atoms with Crippen LogP contribution in [0.5, 0.6) is 0 Å². The number of nitriles is 1. The zero-order valence-electron chi connectivity index (χ0n) is 10.8. The van der Waals surface area contributed by atoms with Gasteiger partial charge in [0.2, 0.25) is 0 Å². The highest BCUT2D eigenvalue weighted by Gasteiger charge is 2.15. The van der Waals surface area contributed by atoms with E-state index in [1.54, 1.807) is 12.4 Å². The number of nitrogens with two attached hydrogens (primary N) is 1. The minimum absolute atomic E-state index is 0.0935. The summed E-state index contributed by atoms with van der Waals surface area (Å²) in [4.78, 5) is 6.13. The van der Waals surface area contributed by atoms with E-state index in [1.807, 2.05) is 43.4 Å². The van der Waals surface area contributed by atoms with Gasteiger partial charge in [-0.3, -0.25) is 4.98 Å². The maximum absolute atomic E-state index is 8.81. The van der Waals surface area contributed by atoms with Crippen LogP contribution in [-0.4, -0.2) is 18.6 Å². The summed E-state index contributed by atoms with van der Waals surface area (Å²) in [6, 6.07) is 13.6. The zero-order valence-corrected chi connectivity index (χ0v) is 10.8. The van der Waals surface area contributed by atoms with Gasteiger partial charge < -0.3 is 10.6 Å². The molecule has 4 heteroatoms. The quantitative estimate of drug-likeness (QED) is 0.904. The highest BCUT2D eigenvalue weighted by molar-refractivity contribution is 5.51. The summed E-state index contributed by atoms with van der Waals surface area (Å²) in [6.45, 7) is 0.514. The molecule has 1 heterocycles. The Labute approximate surface area is 113 Å². The van der Waals surface area contributed by atoms with Crippen LogP contribution in [0.4, 0.5) is 5.69 Å². The van der Waals surface area contributed by atoms with Crippen molar-refractivity contribution in [3.8, 4) is 6.07 Å². The molecule has 2 N–H and O–H groups in total. The van der Waals surface area contributed by atoms with Gasteiger partial charge in [0.1, 0.15) is 0 Å². The molecule has 0 radical (unpaired) electrons. The van der Waals surface area contributed by atoms with Crippen LogP contribution in [0.25, 0.3) is 0 Å². The predicted octanol–water partition coefficient (Wildman–Crippen LogP) is 2.09. The molecule has 1 unspecified atom stereocenters. The molecular weight excluding hydrogens is 236 g/mol. The molecule has 1 atom stereocenters. The Hall–Kier alpha value is -2.38. The Morgan fingerprint density at radius 3 is 2.37 bits per heavy atom. The van der Waals surface area contributed by atoms with Gasteiger partial charge in [-0.25, -0.2) is 0 Å². The number of anilines is 1. The molecule has 2 aromatic rings. The van der Waals surface area contributed by atoms with E-state index in [2.05, 4.69) is 16.0 Å². The first-order chi connectivity index (χ1) is 9.26. The minimum Gasteiger partial charge on any atom is -0.366 e. The van der Waals surface area contributed by atoms with Crippen molar-refractivity contribution in [3.63, 3.8) is 0 Å². The normalized spacial score (nSPS) is 11.6. The number of benzene rings is 1. The highest BCUT2D eigenvalue weighted by Crippen LogP contribution is 2.24. The van der Waals surface area contributed by atoms with E-state index < -0.39 is 0 Å². The van der Waals surface area contributed by atoms with Crippen molar-refractivity contribution in [2.75, 3.05) is 18.5 Å². The molecule has 0 saturated heterocycles. The van der Waals surface area contributed by atoms with Crippen molar-refractivity contribution >= 4 is 5.69 Å². The molecule has 0 fully saturated rings. The number of aromatic nitrogens is 1. The maximum atomic E-state index is 8.81. The van der Waals surface area contributed by atoms with Crippen LogP contribution < -0.4 is 10.6 Å². The molecule has 2 rings (SSSR count). The van der Waals surface area contributed by atoms with Crippen LogP contribution in [-0.2, 0) is 0 Å². The Bertz CT molecular complexity index is 557. The minimum atomic E-state index is 0.0935. The molecule has 0 aliphatic heterocycles. The van der Waals surface area contributed by atoms with Crippen LogP contribution >= 0.6 is 0 Å². The Kier molecular flexibility index (Phi) is 4.11. The number of pyridine rings is 1. The number of likely N-dealkylation sites (N-methyl/N-ethyl adjacent to an activating group) is 1. The molecule has 0 aliphatic carbocycles. The Balaban J connectivity index is 2.25. The van der Waals surface area contributed by atoms with Crippen LogP contribution in [0.2, 0.25) is 0 Å². The van der Waals surface area contributed by atoms with Crippen molar-refractivity contribution in [2.24, 2.45) is 5.73 Å². The lowest BCUT2D eigenvalue weighted by Crippen LogP contribution is -2.30. The van der Waals surface area contributed by atoms with Crippen molar-refractivity contribution in [3.05, 3.63) is 59.9 Å². The van der Waals surface area contributed by atoms with Crippen molar-refractivity contribution in [2.45, 2.75) is 6.04 Å². The fourth-order valence-electron chi connectivity index (χ4n) is 2.05. The maximum Gasteiger partial charge on any atom is 0.0991 e. The van der Waals surface area contributed by atoms with Crippen molar-refractivity contribution in [1.29, 1.82) is 5.26 Å². The first-order valence-corrected chi connectivity index (χ1v) is 6.09. The molecule has 96 valence electrons. The Morgan fingerprint density at radius 2 is 1.84 bits per heavy atom. The fraction of sp³-hybridized carbons (Fsp3) is 0.200. The summed E-state index contributed by atoms with van der Waals surface area (Å²) in [5.41, 5.74) is 8.71. The lowest BCUT2D eigenvalue weighted by molar-refractivity contribution is 0.679. The average molecular weight is 252 g/mol. The van der Waals surface area contributed by atoms with Crippen LogP contribution in [0.15, 0.2) is 48.8 Å². The average Bonchev–Trinajstić information content (AvgIpc) is 2.49. The first-order valence-electron chi connectivity index (χ1n) is 6.09. The molecule has 0 bridgehead atoms. The van der Waals surface area contributed by atoms with E-state index in [0.717, 1.165) is 11.3 Å². The molecule has 0 spiro atoms. The Morgan fingerprint density at radius 1 is 1.21 bits per heavy atom. The summed E-state index contributed by atoms with van der Waals surface area (Å²) in [7, 11) is 2.00.